The molecule has 1 heterocycles. The van der Waals surface area contributed by atoms with E-state index >= 15 is 0 Å². The van der Waals surface area contributed by atoms with E-state index in [1.807, 2.05) is 0 Å². The number of rotatable bonds is 6. The fourth-order valence-electron chi connectivity index (χ4n) is 2.50. The van der Waals surface area contributed by atoms with Crippen LogP contribution >= 0.6 is 0 Å². The third-order valence-corrected chi connectivity index (χ3v) is 3.77. The summed E-state index contributed by atoms with van der Waals surface area (Å²) in [6, 6.07) is 0.893. The number of hydrogen-bond acceptors (Lipinski definition) is 2. The summed E-state index contributed by atoms with van der Waals surface area (Å²) in [5.41, 5.74) is 0. The van der Waals surface area contributed by atoms with E-state index in [2.05, 4.69) is 18.7 Å². The predicted octanol–water partition coefficient (Wildman–Crippen LogP) is 3.07. The van der Waals surface area contributed by atoms with Gasteiger partial charge in [0.1, 0.15) is 0 Å². The molecule has 0 spiro atoms. The zero-order valence-corrected chi connectivity index (χ0v) is 11.0. The first-order chi connectivity index (χ1) is 7.75. The van der Waals surface area contributed by atoms with Gasteiger partial charge >= 0.3 is 0 Å². The van der Waals surface area contributed by atoms with Gasteiger partial charge in [0.15, 0.2) is 0 Å². The standard InChI is InChI=1S/C14H27NO/c1-12(2)8-9-15(13-6-7-13)11-14-5-3-4-10-16-14/h12-14H,3-11H2,1-2H3. The lowest BCUT2D eigenvalue weighted by molar-refractivity contribution is -0.00790. The van der Waals surface area contributed by atoms with Crippen LogP contribution in [0.4, 0.5) is 0 Å². The summed E-state index contributed by atoms with van der Waals surface area (Å²) in [6.45, 7) is 8.11. The molecule has 1 atom stereocenters. The van der Waals surface area contributed by atoms with Crippen molar-refractivity contribution in [1.82, 2.24) is 4.90 Å². The van der Waals surface area contributed by atoms with E-state index in [9.17, 15) is 0 Å². The highest BCUT2D eigenvalue weighted by Gasteiger charge is 2.30. The van der Waals surface area contributed by atoms with Crippen molar-refractivity contribution in [3.63, 3.8) is 0 Å². The highest BCUT2D eigenvalue weighted by molar-refractivity contribution is 4.86. The summed E-state index contributed by atoms with van der Waals surface area (Å²) >= 11 is 0. The van der Waals surface area contributed by atoms with Crippen LogP contribution in [-0.4, -0.2) is 36.7 Å². The van der Waals surface area contributed by atoms with Gasteiger partial charge in [-0.15, -0.1) is 0 Å². The third-order valence-electron chi connectivity index (χ3n) is 3.77. The summed E-state index contributed by atoms with van der Waals surface area (Å²) in [7, 11) is 0. The summed E-state index contributed by atoms with van der Waals surface area (Å²) in [6.07, 6.45) is 8.63. The minimum absolute atomic E-state index is 0.529. The molecule has 0 amide bonds. The van der Waals surface area contributed by atoms with Crippen LogP contribution in [0, 0.1) is 5.92 Å². The van der Waals surface area contributed by atoms with E-state index < -0.39 is 0 Å². The Kier molecular flexibility index (Phi) is 4.66. The molecule has 2 heteroatoms. The fourth-order valence-corrected chi connectivity index (χ4v) is 2.50. The van der Waals surface area contributed by atoms with Gasteiger partial charge in [0, 0.05) is 19.2 Å². The summed E-state index contributed by atoms with van der Waals surface area (Å²) in [4.78, 5) is 2.69. The van der Waals surface area contributed by atoms with E-state index in [4.69, 9.17) is 4.74 Å². The van der Waals surface area contributed by atoms with Crippen LogP contribution in [0.5, 0.6) is 0 Å². The van der Waals surface area contributed by atoms with Gasteiger partial charge in [-0.2, -0.15) is 0 Å². The van der Waals surface area contributed by atoms with Gasteiger partial charge in [0.05, 0.1) is 6.10 Å². The molecule has 0 bridgehead atoms. The van der Waals surface area contributed by atoms with Crippen LogP contribution in [-0.2, 0) is 4.74 Å². The van der Waals surface area contributed by atoms with Gasteiger partial charge in [-0.1, -0.05) is 13.8 Å². The molecule has 1 unspecified atom stereocenters. The Morgan fingerprint density at radius 2 is 2.00 bits per heavy atom. The van der Waals surface area contributed by atoms with E-state index in [-0.39, 0.29) is 0 Å². The van der Waals surface area contributed by atoms with Crippen LogP contribution in [0.15, 0.2) is 0 Å². The lowest BCUT2D eigenvalue weighted by atomic mass is 10.1. The SMILES string of the molecule is CC(C)CCN(CC1CCCCO1)C1CC1. The van der Waals surface area contributed by atoms with Gasteiger partial charge < -0.3 is 4.74 Å². The molecule has 0 aromatic carbocycles. The summed E-state index contributed by atoms with van der Waals surface area (Å²) < 4.78 is 5.85. The van der Waals surface area contributed by atoms with Crippen LogP contribution in [0.25, 0.3) is 0 Å². The zero-order chi connectivity index (χ0) is 11.4. The molecule has 1 aliphatic carbocycles. The Hall–Kier alpha value is -0.0800. The highest BCUT2D eigenvalue weighted by atomic mass is 16.5. The molecule has 1 saturated carbocycles. The van der Waals surface area contributed by atoms with Crippen molar-refractivity contribution >= 4 is 0 Å². The highest BCUT2D eigenvalue weighted by Crippen LogP contribution is 2.28. The van der Waals surface area contributed by atoms with Gasteiger partial charge in [0.25, 0.3) is 0 Å². The fraction of sp³-hybridized carbons (Fsp3) is 1.00. The van der Waals surface area contributed by atoms with Crippen molar-refractivity contribution in [2.75, 3.05) is 19.7 Å². The molecular weight excluding hydrogens is 198 g/mol. The molecule has 2 fully saturated rings. The second-order valence-electron chi connectivity index (χ2n) is 5.90. The topological polar surface area (TPSA) is 12.5 Å². The van der Waals surface area contributed by atoms with Crippen LogP contribution in [0.1, 0.15) is 52.4 Å². The Labute approximate surface area is 100 Å². The maximum atomic E-state index is 5.85. The number of hydrogen-bond donors (Lipinski definition) is 0. The lowest BCUT2D eigenvalue weighted by Crippen LogP contribution is -2.38. The lowest BCUT2D eigenvalue weighted by Gasteiger charge is -2.30. The maximum Gasteiger partial charge on any atom is 0.0702 e. The van der Waals surface area contributed by atoms with Gasteiger partial charge in [-0.05, 0) is 51.0 Å². The van der Waals surface area contributed by atoms with E-state index in [1.165, 1.54) is 51.6 Å². The van der Waals surface area contributed by atoms with Gasteiger partial charge in [-0.25, -0.2) is 0 Å². The zero-order valence-electron chi connectivity index (χ0n) is 11.0. The molecule has 0 radical (unpaired) electrons. The molecule has 1 saturated heterocycles. The van der Waals surface area contributed by atoms with E-state index in [0.717, 1.165) is 18.6 Å². The Morgan fingerprint density at radius 1 is 1.19 bits per heavy atom. The van der Waals surface area contributed by atoms with E-state index in [1.54, 1.807) is 0 Å². The van der Waals surface area contributed by atoms with Crippen molar-refractivity contribution in [3.05, 3.63) is 0 Å². The molecule has 0 aromatic rings. The molecule has 2 aliphatic rings. The number of ether oxygens (including phenoxy) is 1. The molecule has 0 aromatic heterocycles. The molecule has 1 aliphatic heterocycles. The average Bonchev–Trinajstić information content (AvgIpc) is 3.09. The third kappa shape index (κ3) is 4.06. The Bertz CT molecular complexity index is 195. The van der Waals surface area contributed by atoms with Crippen LogP contribution in [0.3, 0.4) is 0 Å². The summed E-state index contributed by atoms with van der Waals surface area (Å²) in [5.74, 6) is 0.827. The predicted molar refractivity (Wildman–Crippen MR) is 67.6 cm³/mol. The first kappa shape index (κ1) is 12.4. The first-order valence-corrected chi connectivity index (χ1v) is 7.11. The minimum atomic E-state index is 0.529. The molecule has 2 rings (SSSR count). The van der Waals surface area contributed by atoms with E-state index in [0.29, 0.717) is 6.10 Å². The van der Waals surface area contributed by atoms with Crippen molar-refractivity contribution in [1.29, 1.82) is 0 Å². The minimum Gasteiger partial charge on any atom is -0.377 e. The quantitative estimate of drug-likeness (QED) is 0.689. The summed E-state index contributed by atoms with van der Waals surface area (Å²) in [5, 5.41) is 0. The van der Waals surface area contributed by atoms with Crippen LogP contribution < -0.4 is 0 Å². The molecule has 94 valence electrons. The van der Waals surface area contributed by atoms with Crippen molar-refractivity contribution < 1.29 is 4.74 Å². The van der Waals surface area contributed by atoms with Gasteiger partial charge in [-0.3, -0.25) is 4.90 Å². The monoisotopic (exact) mass is 225 g/mol. The molecule has 0 N–H and O–H groups in total. The Morgan fingerprint density at radius 3 is 2.56 bits per heavy atom. The molecular formula is C14H27NO. The van der Waals surface area contributed by atoms with Crippen molar-refractivity contribution in [2.24, 2.45) is 5.92 Å². The van der Waals surface area contributed by atoms with Gasteiger partial charge in [0.2, 0.25) is 0 Å². The normalized spacial score (nSPS) is 26.6. The second kappa shape index (κ2) is 6.02. The largest absolute Gasteiger partial charge is 0.377 e. The van der Waals surface area contributed by atoms with Crippen molar-refractivity contribution in [2.45, 2.75) is 64.5 Å². The first-order valence-electron chi connectivity index (χ1n) is 7.11. The van der Waals surface area contributed by atoms with Crippen molar-refractivity contribution in [3.8, 4) is 0 Å². The second-order valence-corrected chi connectivity index (χ2v) is 5.90. The Balaban J connectivity index is 1.73. The van der Waals surface area contributed by atoms with Crippen LogP contribution in [0.2, 0.25) is 0 Å². The maximum absolute atomic E-state index is 5.85. The number of nitrogens with zero attached hydrogens (tertiary/aromatic N) is 1. The molecule has 2 nitrogen and oxygen atoms in total. The average molecular weight is 225 g/mol. The molecule has 16 heavy (non-hydrogen) atoms. The smallest absolute Gasteiger partial charge is 0.0702 e.